The van der Waals surface area contributed by atoms with Crippen molar-refractivity contribution in [3.8, 4) is 11.3 Å². The number of amides is 1. The topological polar surface area (TPSA) is 165 Å². The van der Waals surface area contributed by atoms with Crippen molar-refractivity contribution in [3.63, 3.8) is 0 Å². The number of hydrogen-bond acceptors (Lipinski definition) is 8. The van der Waals surface area contributed by atoms with Gasteiger partial charge in [-0.3, -0.25) is 14.5 Å². The first kappa shape index (κ1) is 27.5. The highest BCUT2D eigenvalue weighted by molar-refractivity contribution is 6.09. The van der Waals surface area contributed by atoms with Crippen LogP contribution in [0.15, 0.2) is 49.2 Å². The second-order valence-corrected chi connectivity index (χ2v) is 8.90. The molecule has 1 saturated carbocycles. The lowest BCUT2D eigenvalue weighted by atomic mass is 9.91. The molecule has 0 radical (unpaired) electrons. The number of alkyl halides is 3. The van der Waals surface area contributed by atoms with Crippen LogP contribution in [0, 0.1) is 0 Å². The summed E-state index contributed by atoms with van der Waals surface area (Å²) in [6.07, 6.45) is 7.72. The average molecular weight is 546 g/mol. The van der Waals surface area contributed by atoms with Gasteiger partial charge in [0, 0.05) is 49.5 Å². The summed E-state index contributed by atoms with van der Waals surface area (Å²) < 4.78 is 35.0. The quantitative estimate of drug-likeness (QED) is 0.295. The van der Waals surface area contributed by atoms with Gasteiger partial charge in [-0.05, 0) is 31.0 Å². The molecule has 0 saturated heterocycles. The van der Waals surface area contributed by atoms with Gasteiger partial charge in [-0.25, -0.2) is 14.3 Å². The van der Waals surface area contributed by atoms with Gasteiger partial charge >= 0.3 is 12.1 Å². The van der Waals surface area contributed by atoms with Gasteiger partial charge in [0.25, 0.3) is 5.91 Å². The minimum Gasteiger partial charge on any atom is -0.475 e. The van der Waals surface area contributed by atoms with Crippen LogP contribution in [0.2, 0.25) is 0 Å². The van der Waals surface area contributed by atoms with E-state index < -0.39 is 12.1 Å². The molecule has 0 aromatic carbocycles. The standard InChI is InChI=1S/C22H25N9O.C2HF3O2/c1-30-13-18(20(29-30)14-6-9-24-10-7-14)27-22(32)15-12-25-31-11-8-19(28-21(15)31)26-17-5-3-2-4-16(17)23;3-2(4,5)1(6)7/h6-13,16-17H,2-5,23H2,1H3,(H,26,28)(H,27,32);(H,6,7)/t16-,17+;/m0./s1. The third kappa shape index (κ3) is 6.67. The maximum atomic E-state index is 13.1. The van der Waals surface area contributed by atoms with E-state index in [1.165, 1.54) is 6.20 Å². The molecule has 2 atom stereocenters. The lowest BCUT2D eigenvalue weighted by Crippen LogP contribution is -2.42. The number of rotatable bonds is 5. The summed E-state index contributed by atoms with van der Waals surface area (Å²) in [5.74, 6) is -2.37. The summed E-state index contributed by atoms with van der Waals surface area (Å²) >= 11 is 0. The van der Waals surface area contributed by atoms with Crippen LogP contribution in [0.3, 0.4) is 0 Å². The van der Waals surface area contributed by atoms with Crippen LogP contribution in [0.4, 0.5) is 24.7 Å². The number of carboxylic acids is 1. The second-order valence-electron chi connectivity index (χ2n) is 8.90. The number of anilines is 2. The first-order valence-corrected chi connectivity index (χ1v) is 11.9. The Morgan fingerprint density at radius 2 is 1.85 bits per heavy atom. The SMILES string of the molecule is Cn1cc(NC(=O)c2cnn3ccc(N[C@@H]4CCCC[C@@H]4N)nc23)c(-c2ccncc2)n1.O=C(O)C(F)(F)F. The van der Waals surface area contributed by atoms with E-state index in [2.05, 4.69) is 30.8 Å². The smallest absolute Gasteiger partial charge is 0.475 e. The molecule has 206 valence electrons. The van der Waals surface area contributed by atoms with E-state index in [0.29, 0.717) is 28.4 Å². The molecule has 1 amide bonds. The van der Waals surface area contributed by atoms with Gasteiger partial charge in [-0.1, -0.05) is 12.8 Å². The Kier molecular flexibility index (Phi) is 8.09. The minimum atomic E-state index is -5.08. The maximum Gasteiger partial charge on any atom is 0.490 e. The molecule has 4 aromatic rings. The maximum absolute atomic E-state index is 13.1. The van der Waals surface area contributed by atoms with Crippen molar-refractivity contribution in [1.82, 2.24) is 29.4 Å². The van der Waals surface area contributed by atoms with Gasteiger partial charge in [0.2, 0.25) is 0 Å². The van der Waals surface area contributed by atoms with E-state index in [1.54, 1.807) is 34.0 Å². The van der Waals surface area contributed by atoms with E-state index in [0.717, 1.165) is 31.2 Å². The van der Waals surface area contributed by atoms with E-state index >= 15 is 0 Å². The van der Waals surface area contributed by atoms with Gasteiger partial charge in [0.1, 0.15) is 17.1 Å². The number of nitrogens with zero attached hydrogens (tertiary/aromatic N) is 6. The lowest BCUT2D eigenvalue weighted by Gasteiger charge is -2.29. The molecule has 1 aliphatic rings. The molecule has 5 rings (SSSR count). The Labute approximate surface area is 220 Å². The molecule has 1 fully saturated rings. The second kappa shape index (κ2) is 11.5. The Morgan fingerprint density at radius 3 is 2.51 bits per heavy atom. The van der Waals surface area contributed by atoms with Crippen molar-refractivity contribution < 1.29 is 27.9 Å². The zero-order valence-electron chi connectivity index (χ0n) is 20.8. The number of nitrogens with two attached hydrogens (primary N) is 1. The number of aliphatic carboxylic acids is 1. The number of fused-ring (bicyclic) bond motifs is 1. The predicted octanol–water partition coefficient (Wildman–Crippen LogP) is 3.09. The summed E-state index contributed by atoms with van der Waals surface area (Å²) in [6, 6.07) is 5.83. The molecule has 5 N–H and O–H groups in total. The fourth-order valence-electron chi connectivity index (χ4n) is 4.13. The monoisotopic (exact) mass is 545 g/mol. The molecule has 15 heteroatoms. The summed E-state index contributed by atoms with van der Waals surface area (Å²) in [4.78, 5) is 30.7. The third-order valence-corrected chi connectivity index (χ3v) is 6.04. The molecule has 0 aliphatic heterocycles. The molecular formula is C24H26F3N9O3. The number of aromatic nitrogens is 6. The fourth-order valence-corrected chi connectivity index (χ4v) is 4.13. The van der Waals surface area contributed by atoms with Crippen molar-refractivity contribution in [2.75, 3.05) is 10.6 Å². The van der Waals surface area contributed by atoms with Crippen LogP contribution in [0.25, 0.3) is 16.9 Å². The van der Waals surface area contributed by atoms with Crippen molar-refractivity contribution in [2.24, 2.45) is 12.8 Å². The van der Waals surface area contributed by atoms with Crippen LogP contribution in [-0.2, 0) is 11.8 Å². The van der Waals surface area contributed by atoms with Crippen molar-refractivity contribution in [3.05, 3.63) is 54.7 Å². The third-order valence-electron chi connectivity index (χ3n) is 6.04. The summed E-state index contributed by atoms with van der Waals surface area (Å²) in [6.45, 7) is 0. The number of aryl methyl sites for hydroxylation is 1. The highest BCUT2D eigenvalue weighted by Crippen LogP contribution is 2.27. The molecule has 0 unspecified atom stereocenters. The van der Waals surface area contributed by atoms with E-state index in [9.17, 15) is 18.0 Å². The molecule has 4 heterocycles. The Morgan fingerprint density at radius 1 is 1.15 bits per heavy atom. The van der Waals surface area contributed by atoms with Crippen LogP contribution in [-0.4, -0.2) is 64.6 Å². The first-order valence-electron chi connectivity index (χ1n) is 11.9. The van der Waals surface area contributed by atoms with Gasteiger partial charge in [-0.15, -0.1) is 0 Å². The molecule has 12 nitrogen and oxygen atoms in total. The summed E-state index contributed by atoms with van der Waals surface area (Å²) in [5, 5.41) is 22.3. The highest BCUT2D eigenvalue weighted by atomic mass is 19.4. The summed E-state index contributed by atoms with van der Waals surface area (Å²) in [7, 11) is 1.81. The molecular weight excluding hydrogens is 519 g/mol. The van der Waals surface area contributed by atoms with Crippen LogP contribution in [0.1, 0.15) is 36.0 Å². The first-order chi connectivity index (χ1) is 18.5. The molecule has 4 aromatic heterocycles. The van der Waals surface area contributed by atoms with Crippen LogP contribution >= 0.6 is 0 Å². The number of carboxylic acid groups (broad SMARTS) is 1. The van der Waals surface area contributed by atoms with Crippen molar-refractivity contribution in [1.29, 1.82) is 0 Å². The average Bonchev–Trinajstić information content (AvgIpc) is 3.48. The molecule has 0 bridgehead atoms. The number of carbonyl (C=O) groups excluding carboxylic acids is 1. The van der Waals surface area contributed by atoms with Crippen LogP contribution < -0.4 is 16.4 Å². The largest absolute Gasteiger partial charge is 0.490 e. The zero-order chi connectivity index (χ0) is 28.2. The van der Waals surface area contributed by atoms with Crippen molar-refractivity contribution in [2.45, 2.75) is 43.9 Å². The van der Waals surface area contributed by atoms with Crippen molar-refractivity contribution >= 4 is 29.0 Å². The molecule has 0 spiro atoms. The number of carbonyl (C=O) groups is 2. The Balaban J connectivity index is 0.000000448. The van der Waals surface area contributed by atoms with Gasteiger partial charge in [0.05, 0.1) is 11.9 Å². The normalized spacial score (nSPS) is 17.3. The molecule has 39 heavy (non-hydrogen) atoms. The number of nitrogens with one attached hydrogen (secondary N) is 2. The van der Waals surface area contributed by atoms with E-state index in [4.69, 9.17) is 15.6 Å². The van der Waals surface area contributed by atoms with Gasteiger partial charge < -0.3 is 21.5 Å². The zero-order valence-corrected chi connectivity index (χ0v) is 20.8. The van der Waals surface area contributed by atoms with E-state index in [-0.39, 0.29) is 18.0 Å². The minimum absolute atomic E-state index is 0.103. The fraction of sp³-hybridized carbons (Fsp3) is 0.333. The summed E-state index contributed by atoms with van der Waals surface area (Å²) in [5.41, 5.74) is 9.26. The van der Waals surface area contributed by atoms with Crippen LogP contribution in [0.5, 0.6) is 0 Å². The van der Waals surface area contributed by atoms with Gasteiger partial charge in [-0.2, -0.15) is 23.4 Å². The number of pyridine rings is 1. The lowest BCUT2D eigenvalue weighted by molar-refractivity contribution is -0.192. The highest BCUT2D eigenvalue weighted by Gasteiger charge is 2.38. The van der Waals surface area contributed by atoms with Gasteiger partial charge in [0.15, 0.2) is 5.65 Å². The number of hydrogen-bond donors (Lipinski definition) is 4. The Hall–Kier alpha value is -4.53. The Bertz CT molecular complexity index is 1450. The predicted molar refractivity (Wildman–Crippen MR) is 135 cm³/mol. The number of halogens is 3. The van der Waals surface area contributed by atoms with E-state index in [1.807, 2.05) is 25.2 Å². The molecule has 1 aliphatic carbocycles.